The zero-order valence-electron chi connectivity index (χ0n) is 14.0. The predicted molar refractivity (Wildman–Crippen MR) is 96.0 cm³/mol. The molecule has 1 saturated heterocycles. The van der Waals surface area contributed by atoms with Gasteiger partial charge >= 0.3 is 5.97 Å². The molecule has 1 heterocycles. The van der Waals surface area contributed by atoms with E-state index in [1.807, 2.05) is 48.5 Å². The Morgan fingerprint density at radius 2 is 1.79 bits per heavy atom. The number of anilines is 1. The lowest BCUT2D eigenvalue weighted by Gasteiger charge is -2.44. The van der Waals surface area contributed by atoms with E-state index >= 15 is 0 Å². The van der Waals surface area contributed by atoms with Crippen LogP contribution in [0.1, 0.15) is 25.3 Å². The zero-order chi connectivity index (χ0) is 17.0. The van der Waals surface area contributed by atoms with Crippen LogP contribution in [-0.4, -0.2) is 34.1 Å². The van der Waals surface area contributed by atoms with Gasteiger partial charge in [0, 0.05) is 24.8 Å². The van der Waals surface area contributed by atoms with E-state index in [0.29, 0.717) is 12.8 Å². The van der Waals surface area contributed by atoms with E-state index in [2.05, 4.69) is 29.3 Å². The lowest BCUT2D eigenvalue weighted by atomic mass is 9.83. The van der Waals surface area contributed by atoms with E-state index in [-0.39, 0.29) is 6.04 Å². The number of likely N-dealkylation sites (tertiary alicyclic amines) is 1. The van der Waals surface area contributed by atoms with Gasteiger partial charge in [-0.3, -0.25) is 4.90 Å². The highest BCUT2D eigenvalue weighted by atomic mass is 16.4. The lowest BCUT2D eigenvalue weighted by Crippen LogP contribution is -2.57. The summed E-state index contributed by atoms with van der Waals surface area (Å²) in [6, 6.07) is 20.2. The summed E-state index contributed by atoms with van der Waals surface area (Å²) < 4.78 is 0. The third-order valence-corrected chi connectivity index (χ3v) is 4.89. The van der Waals surface area contributed by atoms with Gasteiger partial charge in [-0.25, -0.2) is 4.79 Å². The van der Waals surface area contributed by atoms with Crippen LogP contribution < -0.4 is 5.32 Å². The summed E-state index contributed by atoms with van der Waals surface area (Å²) in [7, 11) is 0. The van der Waals surface area contributed by atoms with Crippen molar-refractivity contribution in [3.63, 3.8) is 0 Å². The maximum atomic E-state index is 12.0. The molecule has 0 radical (unpaired) electrons. The summed E-state index contributed by atoms with van der Waals surface area (Å²) in [6.07, 6.45) is 1.18. The molecule has 0 amide bonds. The van der Waals surface area contributed by atoms with Crippen LogP contribution in [-0.2, 0) is 11.3 Å². The van der Waals surface area contributed by atoms with E-state index in [1.165, 1.54) is 5.56 Å². The van der Waals surface area contributed by atoms with Gasteiger partial charge in [0.2, 0.25) is 0 Å². The molecule has 0 bridgehead atoms. The van der Waals surface area contributed by atoms with Crippen LogP contribution in [0.2, 0.25) is 0 Å². The molecule has 24 heavy (non-hydrogen) atoms. The van der Waals surface area contributed by atoms with E-state index in [4.69, 9.17) is 0 Å². The average molecular weight is 324 g/mol. The molecular formula is C20H24N2O2. The van der Waals surface area contributed by atoms with Crippen molar-refractivity contribution in [1.29, 1.82) is 0 Å². The number of para-hydroxylation sites is 1. The van der Waals surface area contributed by atoms with Crippen LogP contribution in [0.5, 0.6) is 0 Å². The number of nitrogens with zero attached hydrogens (tertiary/aromatic N) is 1. The van der Waals surface area contributed by atoms with Crippen molar-refractivity contribution in [2.45, 2.75) is 37.9 Å². The third-order valence-electron chi connectivity index (χ3n) is 4.89. The normalized spacial score (nSPS) is 24.5. The van der Waals surface area contributed by atoms with Crippen molar-refractivity contribution in [1.82, 2.24) is 4.90 Å². The molecule has 1 aliphatic rings. The van der Waals surface area contributed by atoms with E-state index < -0.39 is 11.5 Å². The molecule has 3 rings (SSSR count). The van der Waals surface area contributed by atoms with Gasteiger partial charge in [0.25, 0.3) is 0 Å². The van der Waals surface area contributed by atoms with Gasteiger partial charge in [-0.15, -0.1) is 0 Å². The second-order valence-electron chi connectivity index (χ2n) is 6.64. The smallest absolute Gasteiger partial charge is 0.329 e. The van der Waals surface area contributed by atoms with Crippen molar-refractivity contribution in [2.24, 2.45) is 0 Å². The van der Waals surface area contributed by atoms with Crippen LogP contribution in [0.4, 0.5) is 5.69 Å². The molecule has 0 saturated carbocycles. The average Bonchev–Trinajstić information content (AvgIpc) is 2.59. The van der Waals surface area contributed by atoms with Crippen LogP contribution in [0.25, 0.3) is 0 Å². The van der Waals surface area contributed by atoms with Crippen LogP contribution >= 0.6 is 0 Å². The summed E-state index contributed by atoms with van der Waals surface area (Å²) in [5.41, 5.74) is 1.24. The predicted octanol–water partition coefficient (Wildman–Crippen LogP) is 3.61. The highest BCUT2D eigenvalue weighted by molar-refractivity contribution is 5.83. The molecule has 0 aliphatic carbocycles. The minimum atomic E-state index is -0.895. The SMILES string of the molecule is CC1CC(Nc2ccccc2)(C(=O)O)CCN1Cc1ccccc1. The standard InChI is InChI=1S/C20H24N2O2/c1-16-14-20(19(23)24,21-18-10-6-3-7-11-18)12-13-22(16)15-17-8-4-2-5-9-17/h2-11,16,21H,12-15H2,1H3,(H,23,24). The topological polar surface area (TPSA) is 52.6 Å². The van der Waals surface area contributed by atoms with Crippen molar-refractivity contribution < 1.29 is 9.90 Å². The Kier molecular flexibility index (Phi) is 4.86. The number of carbonyl (C=O) groups is 1. The first kappa shape index (κ1) is 16.5. The van der Waals surface area contributed by atoms with E-state index in [0.717, 1.165) is 18.8 Å². The first-order valence-electron chi connectivity index (χ1n) is 8.44. The van der Waals surface area contributed by atoms with Gasteiger partial charge < -0.3 is 10.4 Å². The second kappa shape index (κ2) is 7.05. The quantitative estimate of drug-likeness (QED) is 0.882. The fourth-order valence-corrected chi connectivity index (χ4v) is 3.50. The summed E-state index contributed by atoms with van der Waals surface area (Å²) in [5, 5.41) is 13.1. The summed E-state index contributed by atoms with van der Waals surface area (Å²) >= 11 is 0. The van der Waals surface area contributed by atoms with Gasteiger partial charge in [0.1, 0.15) is 5.54 Å². The number of nitrogens with one attached hydrogen (secondary N) is 1. The molecule has 126 valence electrons. The zero-order valence-corrected chi connectivity index (χ0v) is 14.0. The summed E-state index contributed by atoms with van der Waals surface area (Å²) in [5.74, 6) is -0.766. The maximum absolute atomic E-state index is 12.0. The van der Waals surface area contributed by atoms with E-state index in [1.54, 1.807) is 0 Å². The largest absolute Gasteiger partial charge is 0.480 e. The van der Waals surface area contributed by atoms with Crippen LogP contribution in [0, 0.1) is 0 Å². The van der Waals surface area contributed by atoms with Gasteiger partial charge in [0.15, 0.2) is 0 Å². The van der Waals surface area contributed by atoms with Crippen molar-refractivity contribution in [2.75, 3.05) is 11.9 Å². The number of rotatable bonds is 5. The van der Waals surface area contributed by atoms with Crippen LogP contribution in [0.3, 0.4) is 0 Å². The first-order chi connectivity index (χ1) is 11.6. The molecule has 0 spiro atoms. The molecule has 4 heteroatoms. The Labute approximate surface area is 143 Å². The van der Waals surface area contributed by atoms with Gasteiger partial charge in [-0.05, 0) is 37.5 Å². The monoisotopic (exact) mass is 324 g/mol. The van der Waals surface area contributed by atoms with Crippen LogP contribution in [0.15, 0.2) is 60.7 Å². The highest BCUT2D eigenvalue weighted by Gasteiger charge is 2.44. The van der Waals surface area contributed by atoms with E-state index in [9.17, 15) is 9.90 Å². The third kappa shape index (κ3) is 3.60. The molecule has 0 aromatic heterocycles. The molecule has 2 aromatic carbocycles. The Balaban J connectivity index is 1.72. The Bertz CT molecular complexity index is 675. The van der Waals surface area contributed by atoms with Gasteiger partial charge in [-0.1, -0.05) is 48.5 Å². The van der Waals surface area contributed by atoms with Crippen molar-refractivity contribution >= 4 is 11.7 Å². The molecule has 2 unspecified atom stereocenters. The molecule has 4 nitrogen and oxygen atoms in total. The fourth-order valence-electron chi connectivity index (χ4n) is 3.50. The number of benzene rings is 2. The Morgan fingerprint density at radius 1 is 1.17 bits per heavy atom. The minimum Gasteiger partial charge on any atom is -0.480 e. The lowest BCUT2D eigenvalue weighted by molar-refractivity contribution is -0.144. The summed E-state index contributed by atoms with van der Waals surface area (Å²) in [4.78, 5) is 14.4. The number of hydrogen-bond acceptors (Lipinski definition) is 3. The fraction of sp³-hybridized carbons (Fsp3) is 0.350. The molecule has 1 aliphatic heterocycles. The second-order valence-corrected chi connectivity index (χ2v) is 6.64. The highest BCUT2D eigenvalue weighted by Crippen LogP contribution is 2.31. The van der Waals surface area contributed by atoms with Crippen molar-refractivity contribution in [3.05, 3.63) is 66.2 Å². The number of carboxylic acid groups (broad SMARTS) is 1. The Hall–Kier alpha value is -2.33. The molecule has 2 atom stereocenters. The van der Waals surface area contributed by atoms with Gasteiger partial charge in [0.05, 0.1) is 0 Å². The van der Waals surface area contributed by atoms with Crippen molar-refractivity contribution in [3.8, 4) is 0 Å². The minimum absolute atomic E-state index is 0.200. The summed E-state index contributed by atoms with van der Waals surface area (Å²) in [6.45, 7) is 3.75. The number of piperidine rings is 1. The molecular weight excluding hydrogens is 300 g/mol. The maximum Gasteiger partial charge on any atom is 0.329 e. The Morgan fingerprint density at radius 3 is 2.38 bits per heavy atom. The molecule has 1 fully saturated rings. The van der Waals surface area contributed by atoms with Gasteiger partial charge in [-0.2, -0.15) is 0 Å². The molecule has 2 aromatic rings. The number of carboxylic acids is 1. The molecule has 2 N–H and O–H groups in total. The first-order valence-corrected chi connectivity index (χ1v) is 8.44. The number of aliphatic carboxylic acids is 1. The number of hydrogen-bond donors (Lipinski definition) is 2.